The van der Waals surface area contributed by atoms with E-state index in [0.29, 0.717) is 0 Å². The monoisotopic (exact) mass is 200 g/mol. The molecule has 1 heterocycles. The lowest BCUT2D eigenvalue weighted by Crippen LogP contribution is -2.26. The highest BCUT2D eigenvalue weighted by Crippen LogP contribution is 2.29. The number of halogens is 1. The Kier molecular flexibility index (Phi) is 4.37. The molecule has 74 valence electrons. The van der Waals surface area contributed by atoms with Gasteiger partial charge in [0.15, 0.2) is 0 Å². The fraction of sp³-hybridized carbons (Fsp3) is 0.500. The number of rotatable bonds is 1. The van der Waals surface area contributed by atoms with Gasteiger partial charge >= 0.3 is 0 Å². The Morgan fingerprint density at radius 2 is 2.00 bits per heavy atom. The third-order valence-corrected chi connectivity index (χ3v) is 1.98. The molecule has 0 aromatic carbocycles. The highest BCUT2D eigenvalue weighted by atomic mass is 35.5. The quantitative estimate of drug-likeness (QED) is 0.757. The molecule has 0 unspecified atom stereocenters. The van der Waals surface area contributed by atoms with E-state index < -0.39 is 0 Å². The first-order chi connectivity index (χ1) is 5.52. The van der Waals surface area contributed by atoms with Crippen molar-refractivity contribution >= 4 is 12.4 Å². The largest absolute Gasteiger partial charge is 0.323 e. The fourth-order valence-corrected chi connectivity index (χ4v) is 1.06. The first-order valence-corrected chi connectivity index (χ1v) is 4.17. The number of hydrogen-bond acceptors (Lipinski definition) is 2. The van der Waals surface area contributed by atoms with Crippen molar-refractivity contribution in [3.05, 3.63) is 30.1 Å². The molecule has 0 amide bonds. The molecule has 0 aliphatic heterocycles. The van der Waals surface area contributed by atoms with E-state index in [-0.39, 0.29) is 23.9 Å². The Hall–Kier alpha value is -0.600. The maximum Gasteiger partial charge on any atom is 0.0359 e. The SMILES string of the molecule is CC(C)(C)[C@H](N)c1cccnc1.Cl. The van der Waals surface area contributed by atoms with Crippen molar-refractivity contribution in [2.24, 2.45) is 11.1 Å². The molecule has 3 heteroatoms. The molecule has 2 nitrogen and oxygen atoms in total. The normalized spacial score (nSPS) is 13.2. The molecule has 0 spiro atoms. The summed E-state index contributed by atoms with van der Waals surface area (Å²) < 4.78 is 0. The fourth-order valence-electron chi connectivity index (χ4n) is 1.06. The van der Waals surface area contributed by atoms with Gasteiger partial charge in [-0.05, 0) is 17.0 Å². The predicted molar refractivity (Wildman–Crippen MR) is 57.9 cm³/mol. The van der Waals surface area contributed by atoms with Crippen LogP contribution in [0.1, 0.15) is 32.4 Å². The summed E-state index contributed by atoms with van der Waals surface area (Å²) >= 11 is 0. The lowest BCUT2D eigenvalue weighted by molar-refractivity contribution is 0.326. The molecule has 1 aromatic rings. The molecule has 0 aliphatic carbocycles. The van der Waals surface area contributed by atoms with Crippen LogP contribution in [0.15, 0.2) is 24.5 Å². The predicted octanol–water partition coefficient (Wildman–Crippen LogP) is 2.55. The molecule has 0 radical (unpaired) electrons. The number of nitrogens with zero attached hydrogens (tertiary/aromatic N) is 1. The summed E-state index contributed by atoms with van der Waals surface area (Å²) in [6.45, 7) is 6.39. The Bertz CT molecular complexity index is 241. The van der Waals surface area contributed by atoms with Gasteiger partial charge in [-0.25, -0.2) is 0 Å². The van der Waals surface area contributed by atoms with Crippen molar-refractivity contribution in [2.45, 2.75) is 26.8 Å². The van der Waals surface area contributed by atoms with Crippen LogP contribution in [0.5, 0.6) is 0 Å². The topological polar surface area (TPSA) is 38.9 Å². The summed E-state index contributed by atoms with van der Waals surface area (Å²) in [6, 6.07) is 4.00. The Labute approximate surface area is 86.0 Å². The summed E-state index contributed by atoms with van der Waals surface area (Å²) in [6.07, 6.45) is 3.59. The zero-order chi connectivity index (χ0) is 9.19. The molecule has 1 aromatic heterocycles. The van der Waals surface area contributed by atoms with Crippen LogP contribution >= 0.6 is 12.4 Å². The van der Waals surface area contributed by atoms with Crippen LogP contribution in [-0.2, 0) is 0 Å². The van der Waals surface area contributed by atoms with Crippen LogP contribution in [0.25, 0.3) is 0 Å². The summed E-state index contributed by atoms with van der Waals surface area (Å²) in [7, 11) is 0. The third-order valence-electron chi connectivity index (χ3n) is 1.98. The minimum absolute atomic E-state index is 0. The van der Waals surface area contributed by atoms with E-state index in [0.717, 1.165) is 5.56 Å². The molecule has 13 heavy (non-hydrogen) atoms. The molecule has 1 atom stereocenters. The Morgan fingerprint density at radius 1 is 1.38 bits per heavy atom. The number of nitrogens with two attached hydrogens (primary N) is 1. The van der Waals surface area contributed by atoms with Crippen molar-refractivity contribution in [1.82, 2.24) is 4.98 Å². The van der Waals surface area contributed by atoms with Crippen molar-refractivity contribution in [1.29, 1.82) is 0 Å². The number of aromatic nitrogens is 1. The van der Waals surface area contributed by atoms with Gasteiger partial charge in [0.1, 0.15) is 0 Å². The average Bonchev–Trinajstić information content (AvgIpc) is 2.03. The molecule has 0 bridgehead atoms. The van der Waals surface area contributed by atoms with Crippen LogP contribution in [0, 0.1) is 5.41 Å². The second-order valence-corrected chi connectivity index (χ2v) is 4.13. The third kappa shape index (κ3) is 3.33. The van der Waals surface area contributed by atoms with Crippen LogP contribution in [0.3, 0.4) is 0 Å². The first-order valence-electron chi connectivity index (χ1n) is 4.17. The summed E-state index contributed by atoms with van der Waals surface area (Å²) in [5.41, 5.74) is 7.23. The van der Waals surface area contributed by atoms with Gasteiger partial charge in [-0.3, -0.25) is 4.98 Å². The molecule has 1 rings (SSSR count). The van der Waals surface area contributed by atoms with Gasteiger partial charge in [0.25, 0.3) is 0 Å². The van der Waals surface area contributed by atoms with Crippen molar-refractivity contribution in [2.75, 3.05) is 0 Å². The standard InChI is InChI=1S/C10H16N2.ClH/c1-10(2,3)9(11)8-5-4-6-12-7-8;/h4-7,9H,11H2,1-3H3;1H/t9-;/m1./s1. The van der Waals surface area contributed by atoms with E-state index in [1.165, 1.54) is 0 Å². The van der Waals surface area contributed by atoms with E-state index in [1.807, 2.05) is 18.3 Å². The van der Waals surface area contributed by atoms with Gasteiger partial charge in [-0.15, -0.1) is 12.4 Å². The van der Waals surface area contributed by atoms with Crippen LogP contribution in [-0.4, -0.2) is 4.98 Å². The Balaban J connectivity index is 0.00000144. The number of pyridine rings is 1. The molecular formula is C10H17ClN2. The maximum atomic E-state index is 6.03. The molecule has 0 aliphatic rings. The van der Waals surface area contributed by atoms with E-state index >= 15 is 0 Å². The molecule has 0 saturated carbocycles. The van der Waals surface area contributed by atoms with Gasteiger partial charge in [0.2, 0.25) is 0 Å². The number of hydrogen-bond donors (Lipinski definition) is 1. The smallest absolute Gasteiger partial charge is 0.0359 e. The average molecular weight is 201 g/mol. The van der Waals surface area contributed by atoms with Gasteiger partial charge in [0, 0.05) is 18.4 Å². The molecular weight excluding hydrogens is 184 g/mol. The van der Waals surface area contributed by atoms with Crippen molar-refractivity contribution in [3.8, 4) is 0 Å². The van der Waals surface area contributed by atoms with Crippen molar-refractivity contribution in [3.63, 3.8) is 0 Å². The van der Waals surface area contributed by atoms with E-state index in [2.05, 4.69) is 25.8 Å². The highest BCUT2D eigenvalue weighted by Gasteiger charge is 2.21. The lowest BCUT2D eigenvalue weighted by atomic mass is 9.84. The second kappa shape index (κ2) is 4.58. The van der Waals surface area contributed by atoms with E-state index in [4.69, 9.17) is 5.73 Å². The van der Waals surface area contributed by atoms with Gasteiger partial charge in [0.05, 0.1) is 0 Å². The minimum Gasteiger partial charge on any atom is -0.323 e. The molecule has 0 saturated heterocycles. The highest BCUT2D eigenvalue weighted by molar-refractivity contribution is 5.85. The van der Waals surface area contributed by atoms with Gasteiger partial charge < -0.3 is 5.73 Å². The maximum absolute atomic E-state index is 6.03. The second-order valence-electron chi connectivity index (χ2n) is 4.13. The minimum atomic E-state index is 0. The summed E-state index contributed by atoms with van der Waals surface area (Å²) in [4.78, 5) is 4.04. The van der Waals surface area contributed by atoms with E-state index in [9.17, 15) is 0 Å². The first kappa shape index (κ1) is 12.4. The molecule has 2 N–H and O–H groups in total. The van der Waals surface area contributed by atoms with Gasteiger partial charge in [-0.1, -0.05) is 26.8 Å². The summed E-state index contributed by atoms with van der Waals surface area (Å²) in [5.74, 6) is 0. The van der Waals surface area contributed by atoms with Crippen LogP contribution in [0.4, 0.5) is 0 Å². The van der Waals surface area contributed by atoms with Crippen LogP contribution < -0.4 is 5.73 Å². The lowest BCUT2D eigenvalue weighted by Gasteiger charge is -2.26. The van der Waals surface area contributed by atoms with Crippen LogP contribution in [0.2, 0.25) is 0 Å². The summed E-state index contributed by atoms with van der Waals surface area (Å²) in [5, 5.41) is 0. The van der Waals surface area contributed by atoms with E-state index in [1.54, 1.807) is 6.20 Å². The zero-order valence-corrected chi connectivity index (χ0v) is 9.14. The van der Waals surface area contributed by atoms with Gasteiger partial charge in [-0.2, -0.15) is 0 Å². The van der Waals surface area contributed by atoms with Crippen molar-refractivity contribution < 1.29 is 0 Å². The Morgan fingerprint density at radius 3 is 2.38 bits per heavy atom. The molecule has 0 fully saturated rings. The zero-order valence-electron chi connectivity index (χ0n) is 8.32.